The van der Waals surface area contributed by atoms with E-state index >= 15 is 0 Å². The van der Waals surface area contributed by atoms with Crippen LogP contribution in [0.15, 0.2) is 85.5 Å². The Balaban J connectivity index is 1.50. The fourth-order valence-electron chi connectivity index (χ4n) is 5.50. The fourth-order valence-corrected chi connectivity index (χ4v) is 5.50. The number of phenolic OH excluding ortho intramolecular Hbond substituents is 1. The normalized spacial score (nSPS) is 19.0. The van der Waals surface area contributed by atoms with Gasteiger partial charge in [0, 0.05) is 26.1 Å². The molecule has 0 spiro atoms. The zero-order chi connectivity index (χ0) is 29.8. The Labute approximate surface area is 244 Å². The molecule has 42 heavy (non-hydrogen) atoms. The minimum absolute atomic E-state index is 0.0882. The van der Waals surface area contributed by atoms with Gasteiger partial charge < -0.3 is 31.7 Å². The van der Waals surface area contributed by atoms with Gasteiger partial charge in [-0.25, -0.2) is 14.8 Å². The summed E-state index contributed by atoms with van der Waals surface area (Å²) in [6.45, 7) is 4.59. The Kier molecular flexibility index (Phi) is 8.30. The van der Waals surface area contributed by atoms with Crippen molar-refractivity contribution in [2.24, 2.45) is 0 Å². The summed E-state index contributed by atoms with van der Waals surface area (Å²) >= 11 is 0. The highest BCUT2D eigenvalue weighted by Gasteiger charge is 2.51. The lowest BCUT2D eigenvalue weighted by molar-refractivity contribution is -0.189. The molecular formula is C31H35N7O4. The van der Waals surface area contributed by atoms with Crippen LogP contribution in [0.3, 0.4) is 0 Å². The second-order valence-corrected chi connectivity index (χ2v) is 10.5. The number of phenols is 1. The first-order valence-corrected chi connectivity index (χ1v) is 13.7. The van der Waals surface area contributed by atoms with E-state index in [-0.39, 0.29) is 50.2 Å². The molecule has 11 heteroatoms. The smallest absolute Gasteiger partial charge is 0.334 e. The molecule has 2 heterocycles. The van der Waals surface area contributed by atoms with E-state index in [0.717, 1.165) is 16.7 Å². The van der Waals surface area contributed by atoms with Crippen LogP contribution in [0.25, 0.3) is 0 Å². The second kappa shape index (κ2) is 12.2. The third-order valence-corrected chi connectivity index (χ3v) is 7.55. The maximum atomic E-state index is 14.0. The maximum Gasteiger partial charge on any atom is 0.334 e. The number of amides is 4. The number of carbonyl (C=O) groups is 3. The highest BCUT2D eigenvalue weighted by molar-refractivity contribution is 5.91. The van der Waals surface area contributed by atoms with E-state index in [4.69, 9.17) is 11.5 Å². The molecule has 3 aromatic carbocycles. The number of nitrogens with one attached hydrogen (secondary N) is 1. The van der Waals surface area contributed by atoms with Gasteiger partial charge in [0.05, 0.1) is 24.5 Å². The Bertz CT molecular complexity index is 1460. The Morgan fingerprint density at radius 2 is 1.69 bits per heavy atom. The summed E-state index contributed by atoms with van der Waals surface area (Å²) in [5.74, 6) is -0.406. The molecule has 2 aliphatic heterocycles. The number of hydrazine groups is 1. The molecule has 2 fully saturated rings. The van der Waals surface area contributed by atoms with Crippen molar-refractivity contribution in [1.29, 1.82) is 0 Å². The summed E-state index contributed by atoms with van der Waals surface area (Å²) in [4.78, 5) is 44.7. The molecule has 0 aliphatic carbocycles. The van der Waals surface area contributed by atoms with E-state index in [9.17, 15) is 19.5 Å². The minimum atomic E-state index is -0.873. The molecule has 4 amide bonds. The summed E-state index contributed by atoms with van der Waals surface area (Å²) in [5.41, 5.74) is 15.3. The average molecular weight is 570 g/mol. The zero-order valence-corrected chi connectivity index (χ0v) is 23.2. The molecular weight excluding hydrogens is 534 g/mol. The number of urea groups is 1. The molecule has 0 unspecified atom stereocenters. The number of hydrogen-bond donors (Lipinski definition) is 4. The number of nitrogens with two attached hydrogens (primary N) is 2. The van der Waals surface area contributed by atoms with Gasteiger partial charge in [-0.2, -0.15) is 0 Å². The molecule has 0 bridgehead atoms. The van der Waals surface area contributed by atoms with Crippen molar-refractivity contribution in [2.45, 2.75) is 31.7 Å². The van der Waals surface area contributed by atoms with Crippen LogP contribution in [-0.4, -0.2) is 74.6 Å². The monoisotopic (exact) mass is 569 g/mol. The third kappa shape index (κ3) is 6.01. The van der Waals surface area contributed by atoms with Gasteiger partial charge in [-0.05, 0) is 41.0 Å². The summed E-state index contributed by atoms with van der Waals surface area (Å²) in [7, 11) is 0. The molecule has 0 saturated carbocycles. The number of fused-ring (bicyclic) bond motifs is 1. The van der Waals surface area contributed by atoms with Gasteiger partial charge in [-0.3, -0.25) is 9.59 Å². The molecule has 3 aromatic rings. The molecule has 11 nitrogen and oxygen atoms in total. The number of piperazine rings is 1. The average Bonchev–Trinajstić information content (AvgIpc) is 2.97. The van der Waals surface area contributed by atoms with Crippen molar-refractivity contribution in [1.82, 2.24) is 25.1 Å². The van der Waals surface area contributed by atoms with Gasteiger partial charge in [-0.15, -0.1) is 6.58 Å². The molecule has 0 radical (unpaired) electrons. The summed E-state index contributed by atoms with van der Waals surface area (Å²) in [6.07, 6.45) is 1.08. The molecule has 5 rings (SSSR count). The van der Waals surface area contributed by atoms with Crippen LogP contribution in [0.4, 0.5) is 16.2 Å². The topological polar surface area (TPSA) is 148 Å². The zero-order valence-electron chi connectivity index (χ0n) is 23.2. The van der Waals surface area contributed by atoms with Gasteiger partial charge in [0.2, 0.25) is 11.8 Å². The number of anilines is 2. The fraction of sp³-hybridized carbons (Fsp3) is 0.258. The second-order valence-electron chi connectivity index (χ2n) is 10.5. The number of aromatic hydroxyl groups is 1. The van der Waals surface area contributed by atoms with Crippen molar-refractivity contribution in [3.05, 3.63) is 102 Å². The van der Waals surface area contributed by atoms with Crippen molar-refractivity contribution >= 4 is 29.2 Å². The van der Waals surface area contributed by atoms with E-state index in [1.54, 1.807) is 58.4 Å². The Morgan fingerprint density at radius 1 is 0.976 bits per heavy atom. The number of carbonyl (C=O) groups excluding carboxylic acids is 3. The predicted molar refractivity (Wildman–Crippen MR) is 159 cm³/mol. The van der Waals surface area contributed by atoms with Gasteiger partial charge in [0.25, 0.3) is 0 Å². The Hall–Kier alpha value is -5.03. The maximum absolute atomic E-state index is 14.0. The van der Waals surface area contributed by atoms with Crippen LogP contribution in [0, 0.1) is 0 Å². The van der Waals surface area contributed by atoms with E-state index in [2.05, 4.69) is 11.9 Å². The van der Waals surface area contributed by atoms with Crippen LogP contribution in [-0.2, 0) is 29.1 Å². The van der Waals surface area contributed by atoms with Crippen molar-refractivity contribution in [3.8, 4) is 5.75 Å². The first kappa shape index (κ1) is 28.5. The molecule has 0 aromatic heterocycles. The first-order valence-electron chi connectivity index (χ1n) is 13.7. The van der Waals surface area contributed by atoms with Crippen LogP contribution in [0.1, 0.15) is 16.7 Å². The summed E-state index contributed by atoms with van der Waals surface area (Å²) in [6, 6.07) is 20.0. The standard InChI is InChI=1S/C31H35N7O4/c1-2-14-36-20-29(40)37-27(16-21-8-11-24(39)12-9-21)30(41)35(18-23-10-13-25(32)26(33)15-23)19-28(37)38(36)31(42)34-17-22-6-4-3-5-7-22/h2-13,15,27-28,39H,1,14,16-20,32-33H2,(H,34,42)/t27-,28-/m0/s1. The lowest BCUT2D eigenvalue weighted by atomic mass is 9.98. The summed E-state index contributed by atoms with van der Waals surface area (Å²) < 4.78 is 0. The first-order chi connectivity index (χ1) is 20.2. The molecule has 2 atom stereocenters. The van der Waals surface area contributed by atoms with Crippen LogP contribution < -0.4 is 16.8 Å². The van der Waals surface area contributed by atoms with Crippen LogP contribution in [0.5, 0.6) is 5.75 Å². The van der Waals surface area contributed by atoms with Gasteiger partial charge >= 0.3 is 6.03 Å². The number of rotatable bonds is 8. The van der Waals surface area contributed by atoms with Crippen LogP contribution in [0.2, 0.25) is 0 Å². The van der Waals surface area contributed by atoms with E-state index in [1.807, 2.05) is 30.3 Å². The number of nitrogen functional groups attached to an aromatic ring is 2. The number of benzene rings is 3. The third-order valence-electron chi connectivity index (χ3n) is 7.55. The molecule has 2 saturated heterocycles. The van der Waals surface area contributed by atoms with E-state index < -0.39 is 18.2 Å². The van der Waals surface area contributed by atoms with Crippen molar-refractivity contribution < 1.29 is 19.5 Å². The lowest BCUT2D eigenvalue weighted by Crippen LogP contribution is -2.76. The van der Waals surface area contributed by atoms with Gasteiger partial charge in [-0.1, -0.05) is 54.6 Å². The van der Waals surface area contributed by atoms with Crippen LogP contribution >= 0.6 is 0 Å². The number of hydrogen-bond acceptors (Lipinski definition) is 7. The lowest BCUT2D eigenvalue weighted by Gasteiger charge is -2.55. The summed E-state index contributed by atoms with van der Waals surface area (Å²) in [5, 5.41) is 15.9. The largest absolute Gasteiger partial charge is 0.508 e. The van der Waals surface area contributed by atoms with E-state index in [1.165, 1.54) is 9.91 Å². The predicted octanol–water partition coefficient (Wildman–Crippen LogP) is 2.29. The molecule has 6 N–H and O–H groups in total. The van der Waals surface area contributed by atoms with Gasteiger partial charge in [0.1, 0.15) is 18.0 Å². The minimum Gasteiger partial charge on any atom is -0.508 e. The van der Waals surface area contributed by atoms with Crippen molar-refractivity contribution in [2.75, 3.05) is 31.1 Å². The molecule has 218 valence electrons. The SMILES string of the molecule is C=CCN1CC(=O)N2[C@@H](Cc3ccc(O)cc3)C(=O)N(Cc3ccc(N)c(N)c3)C[C@@H]2N1C(=O)NCc1ccccc1. The quantitative estimate of drug-likeness (QED) is 0.240. The van der Waals surface area contributed by atoms with E-state index in [0.29, 0.717) is 17.9 Å². The van der Waals surface area contributed by atoms with Gasteiger partial charge in [0.15, 0.2) is 0 Å². The number of nitrogens with zero attached hydrogens (tertiary/aromatic N) is 4. The van der Waals surface area contributed by atoms with Crippen molar-refractivity contribution in [3.63, 3.8) is 0 Å². The Morgan fingerprint density at radius 3 is 2.38 bits per heavy atom. The highest BCUT2D eigenvalue weighted by atomic mass is 16.3. The highest BCUT2D eigenvalue weighted by Crippen LogP contribution is 2.30. The molecule has 2 aliphatic rings.